The summed E-state index contributed by atoms with van der Waals surface area (Å²) in [6.07, 6.45) is 12.4. The van der Waals surface area contributed by atoms with Crippen LogP contribution in [0.2, 0.25) is 0 Å². The Kier molecular flexibility index (Phi) is 8.61. The smallest absolute Gasteiger partial charge is 0.343 e. The summed E-state index contributed by atoms with van der Waals surface area (Å²) in [7, 11) is 0. The number of nitrogens with one attached hydrogen (secondary N) is 3. The standard InChI is InChI=1S/C32H40N6O6/c1-17-22(6-5-19-11-21(44-29(19)43)12-20-15-36-30(33)38-28(20)42)31(3)8-7-26(41)32(4,16-39)25(31)13-23(17)37-18(2)24(40)14-27-34-9-10-35-27/h5-6,9-12,15,18,22-23,25-26,37,39,41H,1,7-8,13-14,16H2,2-4H3,(H,34,35)(H3,33,36,38,42)/b6-5+,21-12+/t18?,22?,23?,25?,26-,31-,32+/m1/s1. The van der Waals surface area contributed by atoms with Gasteiger partial charge in [0.2, 0.25) is 0 Å². The molecule has 0 radical (unpaired) electrons. The lowest BCUT2D eigenvalue weighted by Gasteiger charge is -2.61. The number of aromatic amines is 2. The van der Waals surface area contributed by atoms with E-state index in [-0.39, 0.29) is 54.0 Å². The average Bonchev–Trinajstić information content (AvgIpc) is 3.62. The SMILES string of the molecule is C=C1C(NC(C)C(=O)Cc2ncc[nH]2)CC2[C@](C)(CC[C@@H](O)[C@@]2(C)CO)C1/C=C/C1=CC(=C\c2cnc(N)[nH]c2=O)/OC1=O. The number of fused-ring (bicyclic) bond motifs is 1. The van der Waals surface area contributed by atoms with Gasteiger partial charge in [-0.15, -0.1) is 0 Å². The highest BCUT2D eigenvalue weighted by Gasteiger charge is 2.59. The van der Waals surface area contributed by atoms with E-state index in [1.807, 2.05) is 19.9 Å². The van der Waals surface area contributed by atoms with Gasteiger partial charge in [0.05, 0.1) is 36.3 Å². The summed E-state index contributed by atoms with van der Waals surface area (Å²) in [5, 5.41) is 25.1. The molecule has 12 nitrogen and oxygen atoms in total. The van der Waals surface area contributed by atoms with Crippen molar-refractivity contribution in [1.29, 1.82) is 0 Å². The highest BCUT2D eigenvalue weighted by atomic mass is 16.5. The van der Waals surface area contributed by atoms with Gasteiger partial charge in [-0.05, 0) is 49.7 Å². The molecular weight excluding hydrogens is 564 g/mol. The molecule has 3 aliphatic rings. The van der Waals surface area contributed by atoms with E-state index >= 15 is 0 Å². The number of H-pyrrole nitrogens is 2. The third-order valence-corrected chi connectivity index (χ3v) is 9.87. The largest absolute Gasteiger partial charge is 0.423 e. The summed E-state index contributed by atoms with van der Waals surface area (Å²) < 4.78 is 5.39. The fraction of sp³-hybridized carbons (Fsp3) is 0.469. The van der Waals surface area contributed by atoms with Crippen LogP contribution in [0.1, 0.15) is 51.4 Å². The number of hydrogen-bond acceptors (Lipinski definition) is 10. The van der Waals surface area contributed by atoms with E-state index in [4.69, 9.17) is 10.5 Å². The molecule has 44 heavy (non-hydrogen) atoms. The predicted octanol–water partition coefficient (Wildman–Crippen LogP) is 1.97. The van der Waals surface area contributed by atoms with Gasteiger partial charge in [0.1, 0.15) is 11.6 Å². The Morgan fingerprint density at radius 1 is 1.34 bits per heavy atom. The molecule has 4 unspecified atom stereocenters. The molecule has 7 atom stereocenters. The zero-order valence-electron chi connectivity index (χ0n) is 25.2. The minimum atomic E-state index is -0.775. The van der Waals surface area contributed by atoms with Crippen molar-refractivity contribution in [3.05, 3.63) is 82.0 Å². The number of nitrogen functional groups attached to an aromatic ring is 1. The van der Waals surface area contributed by atoms with Gasteiger partial charge in [-0.2, -0.15) is 0 Å². The summed E-state index contributed by atoms with van der Waals surface area (Å²) in [5.41, 5.74) is 5.23. The van der Waals surface area contributed by atoms with Gasteiger partial charge in [-0.3, -0.25) is 14.6 Å². The number of rotatable bonds is 9. The Labute approximate surface area is 255 Å². The number of aromatic nitrogens is 4. The van der Waals surface area contributed by atoms with E-state index in [0.717, 1.165) is 5.57 Å². The number of carbonyl (C=O) groups is 2. The molecule has 2 aromatic rings. The van der Waals surface area contributed by atoms with Gasteiger partial charge >= 0.3 is 5.97 Å². The van der Waals surface area contributed by atoms with Gasteiger partial charge in [0.15, 0.2) is 11.7 Å². The zero-order valence-corrected chi connectivity index (χ0v) is 25.2. The first-order valence-electron chi connectivity index (χ1n) is 14.8. The first-order valence-corrected chi connectivity index (χ1v) is 14.8. The number of aliphatic hydroxyl groups excluding tert-OH is 2. The number of nitrogens with two attached hydrogens (primary N) is 1. The summed E-state index contributed by atoms with van der Waals surface area (Å²) >= 11 is 0. The summed E-state index contributed by atoms with van der Waals surface area (Å²) in [6, 6.07) is -0.796. The first-order chi connectivity index (χ1) is 20.9. The van der Waals surface area contributed by atoms with E-state index < -0.39 is 34.5 Å². The van der Waals surface area contributed by atoms with E-state index in [9.17, 15) is 24.6 Å². The van der Waals surface area contributed by atoms with Crippen LogP contribution in [0.4, 0.5) is 5.95 Å². The van der Waals surface area contributed by atoms with Crippen LogP contribution in [-0.4, -0.2) is 66.7 Å². The number of cyclic esters (lactones) is 1. The second-order valence-electron chi connectivity index (χ2n) is 12.6. The average molecular weight is 605 g/mol. The normalized spacial score (nSPS) is 32.0. The van der Waals surface area contributed by atoms with Crippen LogP contribution in [0.25, 0.3) is 6.08 Å². The summed E-state index contributed by atoms with van der Waals surface area (Å²) in [4.78, 5) is 51.4. The van der Waals surface area contributed by atoms with Crippen molar-refractivity contribution in [2.75, 3.05) is 12.3 Å². The first kappa shape index (κ1) is 31.3. The van der Waals surface area contributed by atoms with Gasteiger partial charge in [-0.1, -0.05) is 38.2 Å². The maximum atomic E-state index is 13.0. The van der Waals surface area contributed by atoms with Crippen molar-refractivity contribution >= 4 is 23.8 Å². The second-order valence-corrected chi connectivity index (χ2v) is 12.6. The lowest BCUT2D eigenvalue weighted by molar-refractivity contribution is -0.149. The molecule has 0 saturated heterocycles. The Hall–Kier alpha value is -4.13. The molecule has 1 aliphatic heterocycles. The number of nitrogens with zero attached hydrogens (tertiary/aromatic N) is 2. The lowest BCUT2D eigenvalue weighted by atomic mass is 9.45. The van der Waals surface area contributed by atoms with Gasteiger partial charge in [0, 0.05) is 36.0 Å². The number of aliphatic hydroxyl groups is 2. The molecule has 2 saturated carbocycles. The fourth-order valence-electron chi connectivity index (χ4n) is 7.19. The van der Waals surface area contributed by atoms with E-state index in [2.05, 4.69) is 38.8 Å². The second kappa shape index (κ2) is 12.1. The number of ether oxygens (including phenoxy) is 1. The predicted molar refractivity (Wildman–Crippen MR) is 164 cm³/mol. The van der Waals surface area contributed by atoms with Crippen LogP contribution in [0.15, 0.2) is 65.1 Å². The van der Waals surface area contributed by atoms with Crippen molar-refractivity contribution in [3.63, 3.8) is 0 Å². The van der Waals surface area contributed by atoms with Crippen molar-refractivity contribution in [2.45, 2.75) is 64.6 Å². The number of esters is 1. The molecule has 0 aromatic carbocycles. The lowest BCUT2D eigenvalue weighted by Crippen LogP contribution is -2.61. The Morgan fingerprint density at radius 3 is 2.80 bits per heavy atom. The monoisotopic (exact) mass is 604 g/mol. The molecule has 7 N–H and O–H groups in total. The number of ketones is 1. The third-order valence-electron chi connectivity index (χ3n) is 9.87. The van der Waals surface area contributed by atoms with Gasteiger partial charge in [0.25, 0.3) is 5.56 Å². The van der Waals surface area contributed by atoms with Crippen LogP contribution in [-0.2, 0) is 20.7 Å². The van der Waals surface area contributed by atoms with Crippen LogP contribution in [0, 0.1) is 22.7 Å². The molecule has 2 aliphatic carbocycles. The number of imidazole rings is 1. The molecular formula is C32H40N6O6. The quantitative estimate of drug-likeness (QED) is 0.182. The van der Waals surface area contributed by atoms with E-state index in [0.29, 0.717) is 30.7 Å². The molecule has 12 heteroatoms. The molecule has 0 spiro atoms. The van der Waals surface area contributed by atoms with Crippen LogP contribution in [0.5, 0.6) is 0 Å². The maximum Gasteiger partial charge on any atom is 0.343 e. The van der Waals surface area contributed by atoms with Gasteiger partial charge < -0.3 is 31.0 Å². The number of allylic oxidation sites excluding steroid dienone is 2. The minimum absolute atomic E-state index is 0.0177. The van der Waals surface area contributed by atoms with Crippen molar-refractivity contribution in [2.24, 2.45) is 22.7 Å². The number of anilines is 1. The minimum Gasteiger partial charge on any atom is -0.423 e. The number of carbonyl (C=O) groups excluding carboxylic acids is 2. The highest BCUT2D eigenvalue weighted by molar-refractivity contribution is 5.96. The highest BCUT2D eigenvalue weighted by Crippen LogP contribution is 2.61. The zero-order chi connectivity index (χ0) is 31.8. The fourth-order valence-corrected chi connectivity index (χ4v) is 7.19. The van der Waals surface area contributed by atoms with Crippen molar-refractivity contribution < 1.29 is 24.5 Å². The summed E-state index contributed by atoms with van der Waals surface area (Å²) in [5.74, 6) is -0.220. The van der Waals surface area contributed by atoms with Crippen LogP contribution in [0.3, 0.4) is 0 Å². The molecule has 2 aromatic heterocycles. The molecule has 234 valence electrons. The molecule has 5 rings (SSSR count). The topological polar surface area (TPSA) is 196 Å². The van der Waals surface area contributed by atoms with E-state index in [1.165, 1.54) is 12.3 Å². The number of Topliss-reactive ketones (excluding diaryl/α,β-unsaturated/α-hetero) is 1. The number of hydrogen-bond donors (Lipinski definition) is 6. The van der Waals surface area contributed by atoms with Crippen LogP contribution < -0.4 is 16.6 Å². The maximum absolute atomic E-state index is 13.0. The van der Waals surface area contributed by atoms with Crippen LogP contribution >= 0.6 is 0 Å². The summed E-state index contributed by atoms with van der Waals surface area (Å²) in [6.45, 7) is 10.2. The van der Waals surface area contributed by atoms with Gasteiger partial charge in [-0.25, -0.2) is 14.8 Å². The van der Waals surface area contributed by atoms with Crippen molar-refractivity contribution in [1.82, 2.24) is 25.3 Å². The third kappa shape index (κ3) is 5.84. The molecule has 0 bridgehead atoms. The molecule has 3 heterocycles. The Bertz CT molecular complexity index is 1590. The molecule has 2 fully saturated rings. The van der Waals surface area contributed by atoms with E-state index in [1.54, 1.807) is 24.5 Å². The van der Waals surface area contributed by atoms with Crippen molar-refractivity contribution in [3.8, 4) is 0 Å². The molecule has 0 amide bonds. The Balaban J connectivity index is 1.44. The Morgan fingerprint density at radius 2 is 2.11 bits per heavy atom.